The number of phenolic OH excluding ortho intramolecular Hbond substituents is 2. The number of benzene rings is 3. The monoisotopic (exact) mass is 484 g/mol. The lowest BCUT2D eigenvalue weighted by Crippen LogP contribution is -2.35. The maximum Gasteiger partial charge on any atom is 0.119 e. The number of aryl methyl sites for hydroxylation is 1. The molecule has 0 aliphatic carbocycles. The third-order valence-corrected chi connectivity index (χ3v) is 7.71. The molecular weight excluding hydrogens is 448 g/mol. The molecule has 2 heterocycles. The Bertz CT molecular complexity index is 1320. The minimum absolute atomic E-state index is 0.247. The maximum absolute atomic E-state index is 10.1. The molecule has 0 radical (unpaired) electrons. The van der Waals surface area contributed by atoms with E-state index in [9.17, 15) is 10.2 Å². The number of aromatic nitrogens is 1. The van der Waals surface area contributed by atoms with Gasteiger partial charge >= 0.3 is 0 Å². The highest BCUT2D eigenvalue weighted by atomic mass is 16.5. The Labute approximate surface area is 213 Å². The Morgan fingerprint density at radius 2 is 1.69 bits per heavy atom. The van der Waals surface area contributed by atoms with Crippen LogP contribution < -0.4 is 4.74 Å². The van der Waals surface area contributed by atoms with Crippen LogP contribution in [0, 0.1) is 12.8 Å². The van der Waals surface area contributed by atoms with E-state index in [1.54, 1.807) is 18.2 Å². The van der Waals surface area contributed by atoms with Gasteiger partial charge < -0.3 is 19.5 Å². The van der Waals surface area contributed by atoms with Gasteiger partial charge in [0.05, 0.1) is 5.69 Å². The Balaban J connectivity index is 1.35. The minimum atomic E-state index is 0.247. The molecular formula is C31H36N2O3. The molecule has 36 heavy (non-hydrogen) atoms. The van der Waals surface area contributed by atoms with Gasteiger partial charge in [-0.05, 0) is 104 Å². The van der Waals surface area contributed by atoms with Gasteiger partial charge in [0.2, 0.25) is 0 Å². The molecule has 5 rings (SSSR count). The zero-order chi connectivity index (χ0) is 25.2. The first-order valence-corrected chi connectivity index (χ1v) is 13.0. The van der Waals surface area contributed by atoms with Crippen LogP contribution in [0.2, 0.25) is 0 Å². The summed E-state index contributed by atoms with van der Waals surface area (Å²) in [6.07, 6.45) is 2.56. The van der Waals surface area contributed by atoms with Gasteiger partial charge in [-0.2, -0.15) is 0 Å². The number of rotatable bonds is 8. The van der Waals surface area contributed by atoms with Crippen LogP contribution in [0.1, 0.15) is 37.8 Å². The highest BCUT2D eigenvalue weighted by Crippen LogP contribution is 2.36. The van der Waals surface area contributed by atoms with E-state index in [0.717, 1.165) is 39.4 Å². The molecule has 5 nitrogen and oxygen atoms in total. The second kappa shape index (κ2) is 10.3. The number of phenols is 2. The average molecular weight is 485 g/mol. The van der Waals surface area contributed by atoms with Gasteiger partial charge in [0.25, 0.3) is 0 Å². The van der Waals surface area contributed by atoms with Crippen molar-refractivity contribution in [3.63, 3.8) is 0 Å². The van der Waals surface area contributed by atoms with Crippen molar-refractivity contribution < 1.29 is 14.9 Å². The molecule has 0 unspecified atom stereocenters. The first kappa shape index (κ1) is 24.3. The molecule has 188 valence electrons. The lowest BCUT2D eigenvalue weighted by molar-refractivity contribution is 0.168. The summed E-state index contributed by atoms with van der Waals surface area (Å²) in [4.78, 5) is 2.55. The molecule has 1 aliphatic heterocycles. The second-order valence-corrected chi connectivity index (χ2v) is 10.2. The zero-order valence-corrected chi connectivity index (χ0v) is 21.4. The number of ether oxygens (including phenoxy) is 1. The molecule has 0 saturated carbocycles. The van der Waals surface area contributed by atoms with E-state index in [2.05, 4.69) is 54.5 Å². The third-order valence-electron chi connectivity index (χ3n) is 7.71. The summed E-state index contributed by atoms with van der Waals surface area (Å²) in [5, 5.41) is 20.9. The maximum atomic E-state index is 10.1. The highest BCUT2D eigenvalue weighted by Gasteiger charge is 2.25. The summed E-state index contributed by atoms with van der Waals surface area (Å²) >= 11 is 0. The fourth-order valence-corrected chi connectivity index (χ4v) is 5.46. The largest absolute Gasteiger partial charge is 0.508 e. The van der Waals surface area contributed by atoms with Crippen molar-refractivity contribution in [2.24, 2.45) is 5.92 Å². The lowest BCUT2D eigenvalue weighted by Gasteiger charge is -2.24. The van der Waals surface area contributed by atoms with Crippen molar-refractivity contribution in [2.75, 3.05) is 19.7 Å². The van der Waals surface area contributed by atoms with E-state index in [1.165, 1.54) is 31.5 Å². The van der Waals surface area contributed by atoms with Crippen molar-refractivity contribution in [3.8, 4) is 28.5 Å². The predicted molar refractivity (Wildman–Crippen MR) is 146 cm³/mol. The predicted octanol–water partition coefficient (Wildman–Crippen LogP) is 6.58. The minimum Gasteiger partial charge on any atom is -0.508 e. The summed E-state index contributed by atoms with van der Waals surface area (Å²) in [6, 6.07) is 21.6. The van der Waals surface area contributed by atoms with E-state index in [-0.39, 0.29) is 11.5 Å². The number of nitrogens with zero attached hydrogens (tertiary/aromatic N) is 2. The van der Waals surface area contributed by atoms with Crippen molar-refractivity contribution in [1.82, 2.24) is 9.47 Å². The zero-order valence-electron chi connectivity index (χ0n) is 21.4. The van der Waals surface area contributed by atoms with Crippen molar-refractivity contribution in [1.29, 1.82) is 0 Å². The molecule has 0 amide bonds. The number of hydrogen-bond acceptors (Lipinski definition) is 4. The van der Waals surface area contributed by atoms with E-state index in [1.807, 2.05) is 24.3 Å². The van der Waals surface area contributed by atoms with E-state index in [4.69, 9.17) is 4.74 Å². The van der Waals surface area contributed by atoms with Crippen LogP contribution in [0.5, 0.6) is 17.2 Å². The Morgan fingerprint density at radius 3 is 2.39 bits per heavy atom. The Morgan fingerprint density at radius 1 is 0.972 bits per heavy atom. The molecule has 1 aliphatic rings. The molecule has 1 fully saturated rings. The van der Waals surface area contributed by atoms with Crippen LogP contribution in [-0.2, 0) is 6.54 Å². The smallest absolute Gasteiger partial charge is 0.119 e. The van der Waals surface area contributed by atoms with Crippen LogP contribution in [0.25, 0.3) is 22.2 Å². The van der Waals surface area contributed by atoms with Crippen LogP contribution in [0.15, 0.2) is 66.7 Å². The van der Waals surface area contributed by atoms with Gasteiger partial charge in [-0.15, -0.1) is 0 Å². The number of fused-ring (bicyclic) bond motifs is 1. The van der Waals surface area contributed by atoms with Gasteiger partial charge in [0.15, 0.2) is 0 Å². The summed E-state index contributed by atoms with van der Waals surface area (Å²) in [5.41, 5.74) is 5.46. The van der Waals surface area contributed by atoms with E-state index < -0.39 is 0 Å². The van der Waals surface area contributed by atoms with Crippen molar-refractivity contribution >= 4 is 10.9 Å². The van der Waals surface area contributed by atoms with Gasteiger partial charge in [0, 0.05) is 30.0 Å². The molecule has 3 aromatic carbocycles. The summed E-state index contributed by atoms with van der Waals surface area (Å²) in [5.74, 6) is 2.23. The van der Waals surface area contributed by atoms with E-state index in [0.29, 0.717) is 19.2 Å². The molecule has 4 aromatic rings. The highest BCUT2D eigenvalue weighted by molar-refractivity contribution is 5.92. The van der Waals surface area contributed by atoms with Crippen LogP contribution >= 0.6 is 0 Å². The molecule has 2 atom stereocenters. The van der Waals surface area contributed by atoms with Crippen molar-refractivity contribution in [3.05, 3.63) is 77.9 Å². The van der Waals surface area contributed by atoms with Crippen LogP contribution in [0.4, 0.5) is 0 Å². The van der Waals surface area contributed by atoms with E-state index >= 15 is 0 Å². The summed E-state index contributed by atoms with van der Waals surface area (Å²) < 4.78 is 8.43. The van der Waals surface area contributed by atoms with Crippen LogP contribution in [0.3, 0.4) is 0 Å². The standard InChI is InChI=1S/C31H36N2O3/c1-4-23-15-16-32(18-23)21(2)20-36-28-12-5-24(6-13-28)19-33-30-14-11-27(35)17-29(30)22(3)31(33)25-7-9-26(34)10-8-25/h5-14,17,21,23,34-35H,4,15-16,18-20H2,1-3H3/t21-,23+/m0/s1. The Kier molecular flexibility index (Phi) is 6.92. The van der Waals surface area contributed by atoms with Gasteiger partial charge in [-0.25, -0.2) is 0 Å². The Hall–Kier alpha value is -3.44. The quantitative estimate of drug-likeness (QED) is 0.297. The first-order chi connectivity index (χ1) is 17.4. The van der Waals surface area contributed by atoms with Gasteiger partial charge in [-0.1, -0.05) is 25.5 Å². The molecule has 0 spiro atoms. The lowest BCUT2D eigenvalue weighted by atomic mass is 10.1. The fraction of sp³-hybridized carbons (Fsp3) is 0.355. The number of likely N-dealkylation sites (tertiary alicyclic amines) is 1. The normalized spacial score (nSPS) is 17.0. The summed E-state index contributed by atoms with van der Waals surface area (Å²) in [7, 11) is 0. The molecule has 5 heteroatoms. The van der Waals surface area contributed by atoms with Gasteiger partial charge in [0.1, 0.15) is 23.9 Å². The first-order valence-electron chi connectivity index (χ1n) is 13.0. The molecule has 1 aromatic heterocycles. The van der Waals surface area contributed by atoms with Gasteiger partial charge in [-0.3, -0.25) is 4.90 Å². The van der Waals surface area contributed by atoms with Crippen molar-refractivity contribution in [2.45, 2.75) is 46.2 Å². The molecule has 0 bridgehead atoms. The summed E-state index contributed by atoms with van der Waals surface area (Å²) in [6.45, 7) is 10.4. The second-order valence-electron chi connectivity index (χ2n) is 10.2. The average Bonchev–Trinajstić information content (AvgIpc) is 3.47. The molecule has 1 saturated heterocycles. The number of hydrogen-bond donors (Lipinski definition) is 2. The number of aromatic hydroxyl groups is 2. The SMILES string of the molecule is CC[C@@H]1CCN([C@@H](C)COc2ccc(Cn3c(-c4ccc(O)cc4)c(C)c4cc(O)ccc43)cc2)C1. The fourth-order valence-electron chi connectivity index (χ4n) is 5.46. The molecule has 2 N–H and O–H groups in total. The van der Waals surface area contributed by atoms with Crippen LogP contribution in [-0.4, -0.2) is 45.4 Å². The topological polar surface area (TPSA) is 57.9 Å². The third kappa shape index (κ3) is 4.93.